The Bertz CT molecular complexity index is 1500. The number of rotatable bonds is 10. The number of ether oxygens (including phenoxy) is 3. The summed E-state index contributed by atoms with van der Waals surface area (Å²) in [6.45, 7) is 3.12. The zero-order valence-corrected chi connectivity index (χ0v) is 23.2. The fourth-order valence-corrected chi connectivity index (χ4v) is 4.15. The Morgan fingerprint density at radius 1 is 0.786 bits per heavy atom. The summed E-state index contributed by atoms with van der Waals surface area (Å²) >= 11 is 0. The molecule has 0 atom stereocenters. The average molecular weight is 577 g/mol. The lowest BCUT2D eigenvalue weighted by Gasteiger charge is -2.22. The van der Waals surface area contributed by atoms with Gasteiger partial charge >= 0.3 is 12.0 Å². The van der Waals surface area contributed by atoms with Crippen LogP contribution in [0.5, 0.6) is 11.5 Å². The molecule has 0 aliphatic carbocycles. The molecule has 0 spiro atoms. The van der Waals surface area contributed by atoms with E-state index in [2.05, 4.69) is 10.6 Å². The van der Waals surface area contributed by atoms with Crippen LogP contribution in [0.1, 0.15) is 47.0 Å². The zero-order valence-electron chi connectivity index (χ0n) is 23.2. The van der Waals surface area contributed by atoms with E-state index in [4.69, 9.17) is 14.2 Å². The van der Waals surface area contributed by atoms with E-state index in [1.807, 2.05) is 0 Å². The third-order valence-electron chi connectivity index (χ3n) is 6.10. The van der Waals surface area contributed by atoms with Gasteiger partial charge < -0.3 is 30.0 Å². The lowest BCUT2D eigenvalue weighted by atomic mass is 10.0. The van der Waals surface area contributed by atoms with Gasteiger partial charge in [0.1, 0.15) is 34.8 Å². The number of nitrogens with one attached hydrogen (secondary N) is 2. The number of methoxy groups -OCH3 is 1. The topological polar surface area (TPSA) is 106 Å². The van der Waals surface area contributed by atoms with Gasteiger partial charge in [0.15, 0.2) is 0 Å². The van der Waals surface area contributed by atoms with Gasteiger partial charge in [-0.3, -0.25) is 0 Å². The molecule has 10 heteroatoms. The van der Waals surface area contributed by atoms with Crippen molar-refractivity contribution in [1.29, 1.82) is 0 Å². The number of urea groups is 1. The van der Waals surface area contributed by atoms with Gasteiger partial charge in [0.2, 0.25) is 0 Å². The smallest absolute Gasteiger partial charge is 0.342 e. The Balaban J connectivity index is 1.63. The minimum absolute atomic E-state index is 0.0303. The van der Waals surface area contributed by atoms with E-state index in [-0.39, 0.29) is 23.6 Å². The van der Waals surface area contributed by atoms with Crippen LogP contribution in [0.15, 0.2) is 84.9 Å². The number of anilines is 2. The summed E-state index contributed by atoms with van der Waals surface area (Å²) in [4.78, 5) is 25.9. The second kappa shape index (κ2) is 13.6. The summed E-state index contributed by atoms with van der Waals surface area (Å²) < 4.78 is 44.2. The summed E-state index contributed by atoms with van der Waals surface area (Å²) in [5, 5.41) is 14.9. The Labute approximate surface area is 241 Å². The van der Waals surface area contributed by atoms with E-state index >= 15 is 0 Å². The number of carbonyl (C=O) groups excluding carboxylic acids is 2. The molecular formula is C32H30F2N2O6. The van der Waals surface area contributed by atoms with Gasteiger partial charge in [-0.25, -0.2) is 18.4 Å². The van der Waals surface area contributed by atoms with Crippen molar-refractivity contribution in [3.05, 3.63) is 119 Å². The lowest BCUT2D eigenvalue weighted by molar-refractivity contribution is 0.0372. The normalized spacial score (nSPS) is 10.9. The molecule has 0 aliphatic rings. The highest BCUT2D eigenvalue weighted by atomic mass is 19.1. The summed E-state index contributed by atoms with van der Waals surface area (Å²) in [5.74, 6) is -0.953. The molecule has 0 heterocycles. The van der Waals surface area contributed by atoms with E-state index in [9.17, 15) is 23.5 Å². The van der Waals surface area contributed by atoms with Crippen molar-refractivity contribution in [3.8, 4) is 11.5 Å². The minimum Gasteiger partial charge on any atom is -0.496 e. The molecule has 218 valence electrons. The Morgan fingerprint density at radius 2 is 1.31 bits per heavy atom. The molecule has 4 rings (SSSR count). The monoisotopic (exact) mass is 576 g/mol. The van der Waals surface area contributed by atoms with E-state index < -0.39 is 35.8 Å². The molecule has 0 aliphatic heterocycles. The molecule has 0 radical (unpaired) electrons. The van der Waals surface area contributed by atoms with Crippen molar-refractivity contribution in [3.63, 3.8) is 0 Å². The predicted molar refractivity (Wildman–Crippen MR) is 154 cm³/mol. The lowest BCUT2D eigenvalue weighted by Crippen LogP contribution is -2.20. The van der Waals surface area contributed by atoms with Crippen molar-refractivity contribution < 1.29 is 37.7 Å². The number of esters is 1. The predicted octanol–water partition coefficient (Wildman–Crippen LogP) is 6.84. The maximum absolute atomic E-state index is 13.7. The maximum Gasteiger partial charge on any atom is 0.342 e. The first-order valence-corrected chi connectivity index (χ1v) is 13.0. The average Bonchev–Trinajstić information content (AvgIpc) is 2.97. The molecule has 8 nitrogen and oxygen atoms in total. The van der Waals surface area contributed by atoms with Crippen LogP contribution in [-0.2, 0) is 11.3 Å². The van der Waals surface area contributed by atoms with Crippen LogP contribution < -0.4 is 20.1 Å². The first-order chi connectivity index (χ1) is 20.2. The number of halogens is 2. The highest BCUT2D eigenvalue weighted by Crippen LogP contribution is 2.33. The molecule has 0 unspecified atom stereocenters. The third kappa shape index (κ3) is 7.61. The fraction of sp³-hybridized carbons (Fsp3) is 0.188. The van der Waals surface area contributed by atoms with Gasteiger partial charge in [-0.05, 0) is 85.6 Å². The fourth-order valence-electron chi connectivity index (χ4n) is 4.15. The molecule has 0 bridgehead atoms. The van der Waals surface area contributed by atoms with Crippen molar-refractivity contribution in [2.75, 3.05) is 17.7 Å². The number of amides is 2. The molecule has 4 aromatic rings. The Morgan fingerprint density at radius 3 is 1.81 bits per heavy atom. The van der Waals surface area contributed by atoms with Crippen LogP contribution in [0.4, 0.5) is 25.0 Å². The molecular weight excluding hydrogens is 546 g/mol. The standard InChI is InChI=1S/C32H30F2N2O6/c1-19(2)41-31(38)27-17-26(36-32(39)35-25-12-14-28(40-3)22(16-25)18-37)13-15-29(27)42-30(20-4-8-23(33)9-5-20)21-6-10-24(34)11-7-21/h4-17,19,30,37H,18H2,1-3H3,(H2,35,36,39). The number of hydrogen-bond donors (Lipinski definition) is 3. The van der Waals surface area contributed by atoms with E-state index in [0.29, 0.717) is 28.1 Å². The number of aliphatic hydroxyl groups excluding tert-OH is 1. The van der Waals surface area contributed by atoms with Crippen LogP contribution in [0.3, 0.4) is 0 Å². The van der Waals surface area contributed by atoms with Crippen molar-refractivity contribution in [2.24, 2.45) is 0 Å². The zero-order chi connectivity index (χ0) is 30.2. The van der Waals surface area contributed by atoms with Crippen molar-refractivity contribution in [2.45, 2.75) is 32.7 Å². The number of aliphatic hydroxyl groups is 1. The summed E-state index contributed by atoms with van der Waals surface area (Å²) in [6, 6.07) is 19.9. The molecule has 4 aromatic carbocycles. The Kier molecular flexibility index (Phi) is 9.72. The summed E-state index contributed by atoms with van der Waals surface area (Å²) in [7, 11) is 1.48. The summed E-state index contributed by atoms with van der Waals surface area (Å²) in [6.07, 6.45) is -1.26. The molecule has 2 amide bonds. The van der Waals surface area contributed by atoms with Gasteiger partial charge in [0, 0.05) is 16.9 Å². The van der Waals surface area contributed by atoms with Crippen LogP contribution in [0.25, 0.3) is 0 Å². The number of hydrogen-bond acceptors (Lipinski definition) is 6. The largest absolute Gasteiger partial charge is 0.496 e. The van der Waals surface area contributed by atoms with Crippen LogP contribution in [0.2, 0.25) is 0 Å². The molecule has 0 saturated carbocycles. The summed E-state index contributed by atoms with van der Waals surface area (Å²) in [5.41, 5.74) is 2.34. The number of benzene rings is 4. The second-order valence-electron chi connectivity index (χ2n) is 9.53. The quantitative estimate of drug-likeness (QED) is 0.179. The first kappa shape index (κ1) is 30.0. The van der Waals surface area contributed by atoms with Gasteiger partial charge in [0.05, 0.1) is 19.8 Å². The second-order valence-corrected chi connectivity index (χ2v) is 9.53. The van der Waals surface area contributed by atoms with Crippen LogP contribution >= 0.6 is 0 Å². The SMILES string of the molecule is COc1ccc(NC(=O)Nc2ccc(OC(c3ccc(F)cc3)c3ccc(F)cc3)c(C(=O)OC(C)C)c2)cc1CO. The van der Waals surface area contributed by atoms with Gasteiger partial charge in [-0.2, -0.15) is 0 Å². The van der Waals surface area contributed by atoms with Crippen molar-refractivity contribution >= 4 is 23.4 Å². The molecule has 0 saturated heterocycles. The van der Waals surface area contributed by atoms with E-state index in [1.165, 1.54) is 67.8 Å². The molecule has 0 fully saturated rings. The van der Waals surface area contributed by atoms with E-state index in [0.717, 1.165) is 0 Å². The van der Waals surface area contributed by atoms with Gasteiger partial charge in [-0.1, -0.05) is 24.3 Å². The highest BCUT2D eigenvalue weighted by molar-refractivity contribution is 6.01. The van der Waals surface area contributed by atoms with Crippen LogP contribution in [0, 0.1) is 11.6 Å². The number of carbonyl (C=O) groups is 2. The maximum atomic E-state index is 13.7. The molecule has 42 heavy (non-hydrogen) atoms. The molecule has 0 aromatic heterocycles. The third-order valence-corrected chi connectivity index (χ3v) is 6.10. The molecule has 3 N–H and O–H groups in total. The van der Waals surface area contributed by atoms with E-state index in [1.54, 1.807) is 38.1 Å². The van der Waals surface area contributed by atoms with Gasteiger partial charge in [0.25, 0.3) is 0 Å². The minimum atomic E-state index is -0.824. The van der Waals surface area contributed by atoms with Gasteiger partial charge in [-0.15, -0.1) is 0 Å². The Hall–Kier alpha value is -4.96. The highest BCUT2D eigenvalue weighted by Gasteiger charge is 2.23. The first-order valence-electron chi connectivity index (χ1n) is 13.0. The van der Waals surface area contributed by atoms with Crippen LogP contribution in [-0.4, -0.2) is 30.3 Å². The van der Waals surface area contributed by atoms with Crippen molar-refractivity contribution in [1.82, 2.24) is 0 Å².